The average Bonchev–Trinajstić information content (AvgIpc) is 3.55. The SMILES string of the molecule is CCNC(=O)Nc1cc(-c2nc(C(F)(F)F)cs2)c(-c2ccnc(-c3nnc([C@@H](NC)C(C)C)o3)c2)cn1. The van der Waals surface area contributed by atoms with E-state index in [2.05, 4.69) is 41.1 Å². The van der Waals surface area contributed by atoms with Crippen molar-refractivity contribution in [2.45, 2.75) is 33.0 Å². The fourth-order valence-corrected chi connectivity index (χ4v) is 4.56. The number of aromatic nitrogens is 5. The second-order valence-corrected chi connectivity index (χ2v) is 9.38. The summed E-state index contributed by atoms with van der Waals surface area (Å²) in [6, 6.07) is 4.20. The molecule has 4 aromatic heterocycles. The van der Waals surface area contributed by atoms with Gasteiger partial charge in [-0.1, -0.05) is 13.8 Å². The molecule has 0 aliphatic rings. The molecule has 0 saturated carbocycles. The van der Waals surface area contributed by atoms with E-state index in [0.29, 0.717) is 34.8 Å². The van der Waals surface area contributed by atoms with E-state index in [1.54, 1.807) is 26.1 Å². The fraction of sp³-hybridized carbons (Fsp3) is 0.333. The zero-order valence-corrected chi connectivity index (χ0v) is 21.7. The van der Waals surface area contributed by atoms with Crippen LogP contribution in [0.25, 0.3) is 33.3 Å². The number of urea groups is 1. The van der Waals surface area contributed by atoms with Crippen LogP contribution in [0, 0.1) is 5.92 Å². The van der Waals surface area contributed by atoms with Crippen LogP contribution in [-0.4, -0.2) is 44.8 Å². The molecule has 0 unspecified atom stereocenters. The molecule has 4 aromatic rings. The van der Waals surface area contributed by atoms with Crippen molar-refractivity contribution >= 4 is 23.2 Å². The number of anilines is 1. The number of nitrogens with zero attached hydrogens (tertiary/aromatic N) is 5. The summed E-state index contributed by atoms with van der Waals surface area (Å²) in [7, 11) is 1.80. The van der Waals surface area contributed by atoms with E-state index < -0.39 is 17.9 Å². The zero-order valence-electron chi connectivity index (χ0n) is 20.9. The number of alkyl halides is 3. The zero-order chi connectivity index (χ0) is 27.4. The first-order valence-electron chi connectivity index (χ1n) is 11.7. The highest BCUT2D eigenvalue weighted by Gasteiger charge is 2.34. The van der Waals surface area contributed by atoms with Crippen molar-refractivity contribution in [3.8, 4) is 33.3 Å². The van der Waals surface area contributed by atoms with Gasteiger partial charge in [0.05, 0.1) is 6.04 Å². The number of carbonyl (C=O) groups excluding carboxylic acids is 1. The third kappa shape index (κ3) is 5.97. The Morgan fingerprint density at radius 3 is 2.61 bits per heavy atom. The van der Waals surface area contributed by atoms with E-state index in [9.17, 15) is 18.0 Å². The number of hydrogen-bond acceptors (Lipinski definition) is 9. The Bertz CT molecular complexity index is 1420. The summed E-state index contributed by atoms with van der Waals surface area (Å²) >= 11 is 0.838. The first kappa shape index (κ1) is 27.1. The minimum absolute atomic E-state index is 0.112. The first-order valence-corrected chi connectivity index (χ1v) is 12.5. The summed E-state index contributed by atoms with van der Waals surface area (Å²) < 4.78 is 45.7. The minimum atomic E-state index is -4.59. The highest BCUT2D eigenvalue weighted by molar-refractivity contribution is 7.13. The standard InChI is InChI=1S/C24H25F3N8O2S/c1-5-29-23(36)33-18-9-14(22-32-17(11-38-22)24(25,26)27)15(10-31-18)13-6-7-30-16(8-13)20-34-35-21(37-20)19(28-4)12(2)3/h6-12,19,28H,5H2,1-4H3,(H2,29,31,33,36)/t19-/m0/s1. The predicted molar refractivity (Wildman–Crippen MR) is 136 cm³/mol. The summed E-state index contributed by atoms with van der Waals surface area (Å²) in [5.41, 5.74) is 0.792. The molecule has 38 heavy (non-hydrogen) atoms. The van der Waals surface area contributed by atoms with E-state index in [-0.39, 0.29) is 28.7 Å². The molecule has 200 valence electrons. The van der Waals surface area contributed by atoms with Crippen molar-refractivity contribution in [1.29, 1.82) is 0 Å². The minimum Gasteiger partial charge on any atom is -0.418 e. The van der Waals surface area contributed by atoms with Gasteiger partial charge in [0.2, 0.25) is 5.89 Å². The monoisotopic (exact) mass is 546 g/mol. The Morgan fingerprint density at radius 2 is 1.95 bits per heavy atom. The largest absolute Gasteiger partial charge is 0.434 e. The number of halogens is 3. The van der Waals surface area contributed by atoms with Crippen molar-refractivity contribution in [2.24, 2.45) is 5.92 Å². The van der Waals surface area contributed by atoms with E-state index in [1.165, 1.54) is 18.5 Å². The molecule has 1 atom stereocenters. The van der Waals surface area contributed by atoms with Crippen LogP contribution >= 0.6 is 11.3 Å². The molecule has 4 rings (SSSR count). The molecular formula is C24H25F3N8O2S. The second-order valence-electron chi connectivity index (χ2n) is 8.52. The van der Waals surface area contributed by atoms with Gasteiger partial charge in [-0.05, 0) is 43.7 Å². The summed E-state index contributed by atoms with van der Waals surface area (Å²) in [6.45, 7) is 6.18. The Morgan fingerprint density at radius 1 is 1.16 bits per heavy atom. The molecular weight excluding hydrogens is 521 g/mol. The Labute approximate surface area is 220 Å². The summed E-state index contributed by atoms with van der Waals surface area (Å²) in [6.07, 6.45) is -1.61. The lowest BCUT2D eigenvalue weighted by Crippen LogP contribution is -2.28. The van der Waals surface area contributed by atoms with Crippen molar-refractivity contribution in [1.82, 2.24) is 35.8 Å². The Hall–Kier alpha value is -3.91. The molecule has 14 heteroatoms. The van der Waals surface area contributed by atoms with Gasteiger partial charge in [-0.25, -0.2) is 14.8 Å². The lowest BCUT2D eigenvalue weighted by atomic mass is 10.0. The fourth-order valence-electron chi connectivity index (χ4n) is 3.70. The molecule has 0 aliphatic carbocycles. The van der Waals surface area contributed by atoms with E-state index in [0.717, 1.165) is 16.7 Å². The maximum absolute atomic E-state index is 13.3. The average molecular weight is 547 g/mol. The van der Waals surface area contributed by atoms with Gasteiger partial charge in [0.1, 0.15) is 16.5 Å². The molecule has 3 N–H and O–H groups in total. The number of amides is 2. The van der Waals surface area contributed by atoms with E-state index in [4.69, 9.17) is 4.42 Å². The van der Waals surface area contributed by atoms with Crippen LogP contribution in [0.5, 0.6) is 0 Å². The van der Waals surface area contributed by atoms with Crippen LogP contribution in [0.15, 0.2) is 40.4 Å². The molecule has 0 radical (unpaired) electrons. The topological polar surface area (TPSA) is 131 Å². The molecule has 0 aliphatic heterocycles. The van der Waals surface area contributed by atoms with Crippen LogP contribution in [0.2, 0.25) is 0 Å². The molecule has 0 bridgehead atoms. The number of pyridine rings is 2. The highest BCUT2D eigenvalue weighted by Crippen LogP contribution is 2.39. The van der Waals surface area contributed by atoms with Crippen LogP contribution < -0.4 is 16.0 Å². The quantitative estimate of drug-likeness (QED) is 0.268. The van der Waals surface area contributed by atoms with Crippen LogP contribution in [0.4, 0.5) is 23.8 Å². The van der Waals surface area contributed by atoms with Crippen LogP contribution in [-0.2, 0) is 6.18 Å². The number of hydrogen-bond donors (Lipinski definition) is 3. The van der Waals surface area contributed by atoms with Gasteiger partial charge in [-0.15, -0.1) is 21.5 Å². The molecule has 0 spiro atoms. The van der Waals surface area contributed by atoms with Crippen LogP contribution in [0.3, 0.4) is 0 Å². The second kappa shape index (κ2) is 11.2. The van der Waals surface area contributed by atoms with Crippen molar-refractivity contribution in [3.05, 3.63) is 47.6 Å². The molecule has 0 aromatic carbocycles. The van der Waals surface area contributed by atoms with Gasteiger partial charge < -0.3 is 15.1 Å². The maximum atomic E-state index is 13.3. The summed E-state index contributed by atoms with van der Waals surface area (Å²) in [5, 5.41) is 17.6. The Kier molecular flexibility index (Phi) is 8.02. The highest BCUT2D eigenvalue weighted by atomic mass is 32.1. The van der Waals surface area contributed by atoms with Crippen molar-refractivity contribution in [3.63, 3.8) is 0 Å². The van der Waals surface area contributed by atoms with Gasteiger partial charge in [0, 0.05) is 35.4 Å². The summed E-state index contributed by atoms with van der Waals surface area (Å²) in [5.74, 6) is 0.962. The van der Waals surface area contributed by atoms with Gasteiger partial charge in [-0.2, -0.15) is 13.2 Å². The number of thiazole rings is 1. The molecule has 4 heterocycles. The maximum Gasteiger partial charge on any atom is 0.434 e. The Balaban J connectivity index is 1.76. The van der Waals surface area contributed by atoms with Gasteiger partial charge in [0.25, 0.3) is 5.89 Å². The lowest BCUT2D eigenvalue weighted by molar-refractivity contribution is -0.140. The summed E-state index contributed by atoms with van der Waals surface area (Å²) in [4.78, 5) is 24.4. The van der Waals surface area contributed by atoms with E-state index >= 15 is 0 Å². The number of carbonyl (C=O) groups is 1. The number of rotatable bonds is 8. The molecule has 2 amide bonds. The van der Waals surface area contributed by atoms with Gasteiger partial charge in [-0.3, -0.25) is 10.3 Å². The smallest absolute Gasteiger partial charge is 0.418 e. The first-order chi connectivity index (χ1) is 18.1. The number of nitrogens with one attached hydrogen (secondary N) is 3. The van der Waals surface area contributed by atoms with Crippen LogP contribution in [0.1, 0.15) is 38.4 Å². The predicted octanol–water partition coefficient (Wildman–Crippen LogP) is 5.39. The van der Waals surface area contributed by atoms with Gasteiger partial charge >= 0.3 is 12.2 Å². The third-order valence-corrected chi connectivity index (χ3v) is 6.36. The van der Waals surface area contributed by atoms with E-state index in [1.807, 2.05) is 13.8 Å². The molecule has 10 nitrogen and oxygen atoms in total. The van der Waals surface area contributed by atoms with Gasteiger partial charge in [0.15, 0.2) is 5.69 Å². The molecule has 0 saturated heterocycles. The molecule has 0 fully saturated rings. The lowest BCUT2D eigenvalue weighted by Gasteiger charge is -2.15. The van der Waals surface area contributed by atoms with Crippen molar-refractivity contribution < 1.29 is 22.4 Å². The van der Waals surface area contributed by atoms with Crippen molar-refractivity contribution in [2.75, 3.05) is 18.9 Å². The normalized spacial score (nSPS) is 12.5. The third-order valence-electron chi connectivity index (χ3n) is 5.48.